The van der Waals surface area contributed by atoms with E-state index in [1.165, 1.54) is 12.8 Å². The number of nitrogens with one attached hydrogen (secondary N) is 1. The molecule has 1 saturated heterocycles. The molecule has 0 bridgehead atoms. The molecule has 23 heavy (non-hydrogen) atoms. The zero-order chi connectivity index (χ0) is 16.7. The first-order chi connectivity index (χ1) is 11.1. The molecule has 132 valence electrons. The Kier molecular flexibility index (Phi) is 7.15. The fourth-order valence-electron chi connectivity index (χ4n) is 3.45. The summed E-state index contributed by atoms with van der Waals surface area (Å²) in [5.41, 5.74) is 0. The van der Waals surface area contributed by atoms with Crippen LogP contribution >= 0.6 is 0 Å². The molecular formula is C17H32N4O2. The number of piperazine rings is 1. The van der Waals surface area contributed by atoms with Crippen molar-refractivity contribution >= 4 is 11.9 Å². The van der Waals surface area contributed by atoms with E-state index >= 15 is 0 Å². The van der Waals surface area contributed by atoms with Crippen LogP contribution in [0, 0.1) is 0 Å². The molecule has 0 radical (unpaired) electrons. The van der Waals surface area contributed by atoms with Crippen LogP contribution in [0.2, 0.25) is 0 Å². The van der Waals surface area contributed by atoms with Gasteiger partial charge in [-0.1, -0.05) is 26.7 Å². The van der Waals surface area contributed by atoms with Crippen LogP contribution in [0.3, 0.4) is 0 Å². The van der Waals surface area contributed by atoms with Crippen LogP contribution in [-0.4, -0.2) is 78.5 Å². The van der Waals surface area contributed by atoms with Crippen molar-refractivity contribution in [1.29, 1.82) is 0 Å². The molecule has 1 heterocycles. The Balaban J connectivity index is 1.68. The van der Waals surface area contributed by atoms with Crippen LogP contribution in [-0.2, 0) is 4.79 Å². The van der Waals surface area contributed by atoms with Gasteiger partial charge in [0.25, 0.3) is 0 Å². The zero-order valence-corrected chi connectivity index (χ0v) is 14.7. The minimum absolute atomic E-state index is 0.0483. The zero-order valence-electron chi connectivity index (χ0n) is 14.7. The van der Waals surface area contributed by atoms with Gasteiger partial charge in [0.1, 0.15) is 0 Å². The minimum atomic E-state index is 0.0483. The molecule has 1 saturated carbocycles. The topological polar surface area (TPSA) is 55.9 Å². The Morgan fingerprint density at radius 3 is 2.13 bits per heavy atom. The van der Waals surface area contributed by atoms with Crippen LogP contribution in [0.5, 0.6) is 0 Å². The maximum Gasteiger partial charge on any atom is 0.317 e. The number of amides is 3. The number of rotatable bonds is 6. The second kappa shape index (κ2) is 9.11. The van der Waals surface area contributed by atoms with Crippen molar-refractivity contribution in [2.45, 2.75) is 52.0 Å². The average Bonchev–Trinajstić information content (AvgIpc) is 3.08. The number of hydrogen-bond acceptors (Lipinski definition) is 3. The molecule has 3 amide bonds. The van der Waals surface area contributed by atoms with E-state index in [9.17, 15) is 9.59 Å². The molecule has 6 heteroatoms. The molecule has 0 aromatic rings. The molecule has 0 unspecified atom stereocenters. The van der Waals surface area contributed by atoms with Crippen LogP contribution in [0.25, 0.3) is 0 Å². The summed E-state index contributed by atoms with van der Waals surface area (Å²) in [5.74, 6) is 0.216. The summed E-state index contributed by atoms with van der Waals surface area (Å²) in [4.78, 5) is 30.5. The molecule has 0 aromatic heterocycles. The monoisotopic (exact) mass is 324 g/mol. The Morgan fingerprint density at radius 2 is 1.57 bits per heavy atom. The standard InChI is InChI=1S/C17H32N4O2/c1-3-19(4-2)10-9-16(22)20-11-13-21(14-12-20)17(23)18-15-7-5-6-8-15/h15H,3-14H2,1-2H3,(H,18,23). The summed E-state index contributed by atoms with van der Waals surface area (Å²) in [6.45, 7) is 9.66. The third kappa shape index (κ3) is 5.37. The lowest BCUT2D eigenvalue weighted by atomic mass is 10.2. The quantitative estimate of drug-likeness (QED) is 0.806. The van der Waals surface area contributed by atoms with E-state index in [-0.39, 0.29) is 11.9 Å². The van der Waals surface area contributed by atoms with Gasteiger partial charge in [-0.3, -0.25) is 4.79 Å². The number of nitrogens with zero attached hydrogens (tertiary/aromatic N) is 3. The van der Waals surface area contributed by atoms with Crippen LogP contribution in [0.4, 0.5) is 4.79 Å². The third-order valence-electron chi connectivity index (χ3n) is 5.14. The number of urea groups is 1. The van der Waals surface area contributed by atoms with E-state index < -0.39 is 0 Å². The fraction of sp³-hybridized carbons (Fsp3) is 0.882. The van der Waals surface area contributed by atoms with Crippen LogP contribution in [0.1, 0.15) is 46.0 Å². The van der Waals surface area contributed by atoms with E-state index in [1.807, 2.05) is 9.80 Å². The molecule has 1 aliphatic heterocycles. The molecule has 0 spiro atoms. The first-order valence-corrected chi connectivity index (χ1v) is 9.19. The molecule has 2 fully saturated rings. The Bertz CT molecular complexity index is 384. The Labute approximate surface area is 140 Å². The normalized spacial score (nSPS) is 19.4. The highest BCUT2D eigenvalue weighted by molar-refractivity contribution is 5.78. The van der Waals surface area contributed by atoms with Gasteiger partial charge >= 0.3 is 6.03 Å². The van der Waals surface area contributed by atoms with Gasteiger partial charge in [0, 0.05) is 45.2 Å². The third-order valence-corrected chi connectivity index (χ3v) is 5.14. The summed E-state index contributed by atoms with van der Waals surface area (Å²) in [6, 6.07) is 0.406. The highest BCUT2D eigenvalue weighted by Crippen LogP contribution is 2.18. The van der Waals surface area contributed by atoms with E-state index in [0.717, 1.165) is 32.5 Å². The van der Waals surface area contributed by atoms with Crippen molar-refractivity contribution in [3.05, 3.63) is 0 Å². The lowest BCUT2D eigenvalue weighted by Gasteiger charge is -2.35. The summed E-state index contributed by atoms with van der Waals surface area (Å²) in [7, 11) is 0. The van der Waals surface area contributed by atoms with Crippen molar-refractivity contribution in [3.63, 3.8) is 0 Å². The largest absolute Gasteiger partial charge is 0.339 e. The summed E-state index contributed by atoms with van der Waals surface area (Å²) in [6.07, 6.45) is 5.24. The molecule has 2 rings (SSSR count). The maximum atomic E-state index is 12.3. The molecular weight excluding hydrogens is 292 g/mol. The van der Waals surface area contributed by atoms with Gasteiger partial charge in [0.15, 0.2) is 0 Å². The molecule has 0 aromatic carbocycles. The smallest absolute Gasteiger partial charge is 0.317 e. The second-order valence-electron chi connectivity index (χ2n) is 6.58. The predicted octanol–water partition coefficient (Wildman–Crippen LogP) is 1.51. The van der Waals surface area contributed by atoms with E-state index in [1.54, 1.807) is 0 Å². The first kappa shape index (κ1) is 18.0. The predicted molar refractivity (Wildman–Crippen MR) is 91.3 cm³/mol. The van der Waals surface area contributed by atoms with Gasteiger partial charge in [-0.15, -0.1) is 0 Å². The SMILES string of the molecule is CCN(CC)CCC(=O)N1CCN(C(=O)NC2CCCC2)CC1. The molecule has 0 atom stereocenters. The van der Waals surface area contributed by atoms with E-state index in [2.05, 4.69) is 24.1 Å². The number of carbonyl (C=O) groups is 2. The van der Waals surface area contributed by atoms with Crippen LogP contribution < -0.4 is 5.32 Å². The van der Waals surface area contributed by atoms with Crippen LogP contribution in [0.15, 0.2) is 0 Å². The summed E-state index contributed by atoms with van der Waals surface area (Å²) in [5, 5.41) is 3.12. The highest BCUT2D eigenvalue weighted by Gasteiger charge is 2.26. The van der Waals surface area contributed by atoms with Gasteiger partial charge in [-0.2, -0.15) is 0 Å². The van der Waals surface area contributed by atoms with Gasteiger partial charge in [-0.25, -0.2) is 4.79 Å². The molecule has 2 aliphatic rings. The van der Waals surface area contributed by atoms with Crippen molar-refractivity contribution in [3.8, 4) is 0 Å². The fourth-order valence-corrected chi connectivity index (χ4v) is 3.45. The highest BCUT2D eigenvalue weighted by atomic mass is 16.2. The first-order valence-electron chi connectivity index (χ1n) is 9.19. The van der Waals surface area contributed by atoms with Crippen molar-refractivity contribution in [2.24, 2.45) is 0 Å². The van der Waals surface area contributed by atoms with Gasteiger partial charge < -0.3 is 20.0 Å². The van der Waals surface area contributed by atoms with Crippen molar-refractivity contribution in [2.75, 3.05) is 45.8 Å². The van der Waals surface area contributed by atoms with Gasteiger partial charge in [0.2, 0.25) is 5.91 Å². The second-order valence-corrected chi connectivity index (χ2v) is 6.58. The van der Waals surface area contributed by atoms with Gasteiger partial charge in [-0.05, 0) is 25.9 Å². The molecule has 6 nitrogen and oxygen atoms in total. The van der Waals surface area contributed by atoms with Crippen molar-refractivity contribution in [1.82, 2.24) is 20.0 Å². The molecule has 1 aliphatic carbocycles. The Morgan fingerprint density at radius 1 is 1.00 bits per heavy atom. The molecule has 1 N–H and O–H groups in total. The summed E-state index contributed by atoms with van der Waals surface area (Å²) >= 11 is 0. The number of hydrogen-bond donors (Lipinski definition) is 1. The Hall–Kier alpha value is -1.30. The van der Waals surface area contributed by atoms with Gasteiger partial charge in [0.05, 0.1) is 0 Å². The average molecular weight is 324 g/mol. The van der Waals surface area contributed by atoms with E-state index in [0.29, 0.717) is 38.6 Å². The number of carbonyl (C=O) groups excluding carboxylic acids is 2. The lowest BCUT2D eigenvalue weighted by Crippen LogP contribution is -2.54. The van der Waals surface area contributed by atoms with Crippen molar-refractivity contribution < 1.29 is 9.59 Å². The maximum absolute atomic E-state index is 12.3. The lowest BCUT2D eigenvalue weighted by molar-refractivity contribution is -0.132. The minimum Gasteiger partial charge on any atom is -0.339 e. The van der Waals surface area contributed by atoms with E-state index in [4.69, 9.17) is 0 Å². The summed E-state index contributed by atoms with van der Waals surface area (Å²) < 4.78 is 0.